The molecule has 0 amide bonds. The van der Waals surface area contributed by atoms with Gasteiger partial charge in [-0.25, -0.2) is 0 Å². The van der Waals surface area contributed by atoms with E-state index in [2.05, 4.69) is 25.7 Å². The smallest absolute Gasteiger partial charge is 0.310 e. The van der Waals surface area contributed by atoms with Crippen LogP contribution in [0.1, 0.15) is 46.5 Å². The summed E-state index contributed by atoms with van der Waals surface area (Å²) in [6.45, 7) is 7.30. The molecule has 0 aromatic heterocycles. The van der Waals surface area contributed by atoms with Crippen molar-refractivity contribution in [1.29, 1.82) is 0 Å². The molecule has 15 heavy (non-hydrogen) atoms. The van der Waals surface area contributed by atoms with Gasteiger partial charge in [-0.3, -0.25) is 9.69 Å². The number of piperidine rings is 2. The van der Waals surface area contributed by atoms with Gasteiger partial charge in [-0.05, 0) is 46.5 Å². The molecule has 3 nitrogen and oxygen atoms in total. The van der Waals surface area contributed by atoms with Crippen molar-refractivity contribution < 1.29 is 9.90 Å². The van der Waals surface area contributed by atoms with Gasteiger partial charge in [-0.1, -0.05) is 0 Å². The first kappa shape index (κ1) is 10.9. The second-order valence-electron chi connectivity index (χ2n) is 6.12. The fourth-order valence-electron chi connectivity index (χ4n) is 3.15. The summed E-state index contributed by atoms with van der Waals surface area (Å²) in [6, 6.07) is 0.617. The number of hydrogen-bond acceptors (Lipinski definition) is 2. The molecule has 1 aliphatic carbocycles. The van der Waals surface area contributed by atoms with Crippen molar-refractivity contribution in [2.75, 3.05) is 6.54 Å². The van der Waals surface area contributed by atoms with E-state index in [1.165, 1.54) is 0 Å². The summed E-state index contributed by atoms with van der Waals surface area (Å²) < 4.78 is 0. The van der Waals surface area contributed by atoms with Crippen LogP contribution in [0.3, 0.4) is 0 Å². The van der Waals surface area contributed by atoms with Crippen LogP contribution in [0.5, 0.6) is 0 Å². The monoisotopic (exact) mass is 211 g/mol. The largest absolute Gasteiger partial charge is 0.481 e. The maximum atomic E-state index is 11.4. The molecular weight excluding hydrogens is 190 g/mol. The van der Waals surface area contributed by atoms with Crippen molar-refractivity contribution in [3.05, 3.63) is 0 Å². The van der Waals surface area contributed by atoms with Gasteiger partial charge in [0, 0.05) is 18.1 Å². The molecule has 3 aliphatic rings. The van der Waals surface area contributed by atoms with Gasteiger partial charge >= 0.3 is 5.97 Å². The molecule has 0 spiro atoms. The average molecular weight is 211 g/mol. The van der Waals surface area contributed by atoms with Crippen LogP contribution in [0.25, 0.3) is 0 Å². The minimum absolute atomic E-state index is 0.103. The lowest BCUT2D eigenvalue weighted by Crippen LogP contribution is -2.62. The van der Waals surface area contributed by atoms with Crippen LogP contribution in [0.2, 0.25) is 0 Å². The summed E-state index contributed by atoms with van der Waals surface area (Å²) in [5, 5.41) is 9.37. The van der Waals surface area contributed by atoms with Crippen LogP contribution < -0.4 is 0 Å². The molecule has 0 aromatic rings. The first-order valence-corrected chi connectivity index (χ1v) is 5.85. The van der Waals surface area contributed by atoms with Crippen molar-refractivity contribution in [2.24, 2.45) is 5.41 Å². The summed E-state index contributed by atoms with van der Waals surface area (Å²) in [5.74, 6) is -0.588. The van der Waals surface area contributed by atoms with Crippen molar-refractivity contribution in [3.8, 4) is 0 Å². The predicted octanol–water partition coefficient (Wildman–Crippen LogP) is 2.11. The molecule has 0 aromatic carbocycles. The molecule has 2 saturated heterocycles. The third-order valence-corrected chi connectivity index (χ3v) is 4.14. The molecule has 2 aliphatic heterocycles. The van der Waals surface area contributed by atoms with Gasteiger partial charge in [0.1, 0.15) is 0 Å². The normalized spacial score (nSPS) is 36.9. The van der Waals surface area contributed by atoms with Crippen LogP contribution in [-0.4, -0.2) is 34.1 Å². The highest BCUT2D eigenvalue weighted by Crippen LogP contribution is 2.46. The highest BCUT2D eigenvalue weighted by molar-refractivity contribution is 5.75. The fourth-order valence-corrected chi connectivity index (χ4v) is 3.15. The number of fused-ring (bicyclic) bond motifs is 3. The maximum absolute atomic E-state index is 11.4. The first-order valence-electron chi connectivity index (χ1n) is 5.85. The summed E-state index contributed by atoms with van der Waals surface area (Å²) in [7, 11) is 0. The minimum atomic E-state index is -0.588. The lowest BCUT2D eigenvalue weighted by molar-refractivity contribution is -0.163. The number of carboxylic acid groups (broad SMARTS) is 1. The fraction of sp³-hybridized carbons (Fsp3) is 0.917. The lowest BCUT2D eigenvalue weighted by Gasteiger charge is -2.55. The van der Waals surface area contributed by atoms with E-state index in [-0.39, 0.29) is 5.54 Å². The molecule has 1 saturated carbocycles. The third kappa shape index (κ3) is 1.67. The van der Waals surface area contributed by atoms with Gasteiger partial charge in [0.25, 0.3) is 0 Å². The molecule has 1 N–H and O–H groups in total. The molecule has 3 heteroatoms. The Bertz CT molecular complexity index is 272. The number of hydrogen-bond donors (Lipinski definition) is 1. The highest BCUT2D eigenvalue weighted by Gasteiger charge is 2.51. The molecule has 0 radical (unpaired) electrons. The van der Waals surface area contributed by atoms with Gasteiger partial charge in [0.05, 0.1) is 5.41 Å². The van der Waals surface area contributed by atoms with Crippen molar-refractivity contribution in [1.82, 2.24) is 4.90 Å². The second kappa shape index (κ2) is 3.21. The predicted molar refractivity (Wildman–Crippen MR) is 58.8 cm³/mol. The molecule has 0 unspecified atom stereocenters. The Morgan fingerprint density at radius 3 is 2.27 bits per heavy atom. The van der Waals surface area contributed by atoms with Crippen LogP contribution in [0, 0.1) is 5.41 Å². The van der Waals surface area contributed by atoms with Crippen LogP contribution in [0.15, 0.2) is 0 Å². The summed E-state index contributed by atoms with van der Waals surface area (Å²) in [4.78, 5) is 13.8. The Morgan fingerprint density at radius 1 is 1.33 bits per heavy atom. The van der Waals surface area contributed by atoms with Gasteiger partial charge in [0.15, 0.2) is 0 Å². The van der Waals surface area contributed by atoms with Gasteiger partial charge in [-0.2, -0.15) is 0 Å². The zero-order valence-corrected chi connectivity index (χ0v) is 9.92. The molecule has 0 atom stereocenters. The van der Waals surface area contributed by atoms with Crippen molar-refractivity contribution in [2.45, 2.75) is 58.0 Å². The Labute approximate surface area is 91.5 Å². The SMILES string of the molecule is CC(C)(C)N1CC2(C(=O)O)CCC1CC2. The van der Waals surface area contributed by atoms with Gasteiger partial charge in [0.2, 0.25) is 0 Å². The Balaban J connectivity index is 2.24. The quantitative estimate of drug-likeness (QED) is 0.722. The highest BCUT2D eigenvalue weighted by atomic mass is 16.4. The zero-order valence-electron chi connectivity index (χ0n) is 9.92. The van der Waals surface area contributed by atoms with E-state index >= 15 is 0 Å². The van der Waals surface area contributed by atoms with E-state index in [1.54, 1.807) is 0 Å². The van der Waals surface area contributed by atoms with E-state index in [4.69, 9.17) is 0 Å². The van der Waals surface area contributed by atoms with E-state index in [0.717, 1.165) is 32.2 Å². The molecule has 2 bridgehead atoms. The lowest BCUT2D eigenvalue weighted by atomic mass is 9.66. The standard InChI is InChI=1S/C12H21NO2/c1-11(2,3)13-8-12(10(14)15)6-4-9(13)5-7-12/h9H,4-8H2,1-3H3,(H,14,15). The number of nitrogens with zero attached hydrogens (tertiary/aromatic N) is 1. The Kier molecular flexibility index (Phi) is 2.34. The van der Waals surface area contributed by atoms with Crippen LogP contribution >= 0.6 is 0 Å². The molecule has 86 valence electrons. The minimum Gasteiger partial charge on any atom is -0.481 e. The van der Waals surface area contributed by atoms with E-state index < -0.39 is 11.4 Å². The van der Waals surface area contributed by atoms with Crippen molar-refractivity contribution >= 4 is 5.97 Å². The zero-order chi connectivity index (χ0) is 11.3. The second-order valence-corrected chi connectivity index (χ2v) is 6.12. The van der Waals surface area contributed by atoms with Gasteiger partial charge < -0.3 is 5.11 Å². The van der Waals surface area contributed by atoms with E-state index in [0.29, 0.717) is 6.04 Å². The Morgan fingerprint density at radius 2 is 1.87 bits per heavy atom. The van der Waals surface area contributed by atoms with Crippen LogP contribution in [0.4, 0.5) is 0 Å². The molecule has 3 fully saturated rings. The topological polar surface area (TPSA) is 40.5 Å². The average Bonchev–Trinajstić information content (AvgIpc) is 2.18. The van der Waals surface area contributed by atoms with Gasteiger partial charge in [-0.15, -0.1) is 0 Å². The van der Waals surface area contributed by atoms with Crippen LogP contribution in [-0.2, 0) is 4.79 Å². The van der Waals surface area contributed by atoms with E-state index in [1.807, 2.05) is 0 Å². The molecule has 3 rings (SSSR count). The number of aliphatic carboxylic acids is 1. The first-order chi connectivity index (χ1) is 6.85. The third-order valence-electron chi connectivity index (χ3n) is 4.14. The van der Waals surface area contributed by atoms with Crippen molar-refractivity contribution in [3.63, 3.8) is 0 Å². The number of rotatable bonds is 1. The summed E-state index contributed by atoms with van der Waals surface area (Å²) in [6.07, 6.45) is 3.87. The number of carboxylic acids is 1. The van der Waals surface area contributed by atoms with E-state index in [9.17, 15) is 9.90 Å². The molecule has 2 heterocycles. The number of carbonyl (C=O) groups is 1. The summed E-state index contributed by atoms with van der Waals surface area (Å²) in [5.41, 5.74) is -0.339. The Hall–Kier alpha value is -0.570. The maximum Gasteiger partial charge on any atom is 0.310 e. The summed E-state index contributed by atoms with van der Waals surface area (Å²) >= 11 is 0. The molecular formula is C12H21NO2.